The molecule has 0 saturated carbocycles. The molecule has 4 nitrogen and oxygen atoms in total. The minimum Gasteiger partial charge on any atom is -0.496 e. The van der Waals surface area contributed by atoms with Crippen molar-refractivity contribution in [2.75, 3.05) is 6.54 Å². The maximum Gasteiger partial charge on any atom is 0.189 e. The minimum atomic E-state index is -0.0503. The second-order valence-corrected chi connectivity index (χ2v) is 5.81. The highest BCUT2D eigenvalue weighted by Crippen LogP contribution is 2.25. The van der Waals surface area contributed by atoms with E-state index >= 15 is 0 Å². The smallest absolute Gasteiger partial charge is 0.189 e. The van der Waals surface area contributed by atoms with Gasteiger partial charge in [-0.1, -0.05) is 29.3 Å². The fourth-order valence-corrected chi connectivity index (χ4v) is 2.69. The van der Waals surface area contributed by atoms with Gasteiger partial charge in [-0.3, -0.25) is 0 Å². The van der Waals surface area contributed by atoms with Gasteiger partial charge in [-0.05, 0) is 43.5 Å². The van der Waals surface area contributed by atoms with Gasteiger partial charge in [0, 0.05) is 10.0 Å². The van der Waals surface area contributed by atoms with Crippen molar-refractivity contribution in [3.63, 3.8) is 0 Å². The van der Waals surface area contributed by atoms with Crippen LogP contribution in [0.4, 0.5) is 0 Å². The Morgan fingerprint density at radius 1 is 1.52 bits per heavy atom. The van der Waals surface area contributed by atoms with Crippen molar-refractivity contribution in [1.29, 1.82) is 0 Å². The summed E-state index contributed by atoms with van der Waals surface area (Å²) in [6.45, 7) is 2.52. The standard InChI is InChI=1S/C15H19Cl2N3O/c1-10(13-6-5-11(16)8-14(13)17)20-15(18)19-9-12-4-2-3-7-21-12/h3,5-8,10,12H,2,4,9H2,1H3,(H3,18,19,20). The van der Waals surface area contributed by atoms with Gasteiger partial charge < -0.3 is 15.8 Å². The van der Waals surface area contributed by atoms with Gasteiger partial charge in [-0.15, -0.1) is 0 Å². The van der Waals surface area contributed by atoms with Crippen LogP contribution >= 0.6 is 23.2 Å². The van der Waals surface area contributed by atoms with Crippen LogP contribution < -0.4 is 11.1 Å². The molecule has 1 aromatic carbocycles. The van der Waals surface area contributed by atoms with Crippen LogP contribution in [0.25, 0.3) is 0 Å². The van der Waals surface area contributed by atoms with Crippen LogP contribution in [-0.2, 0) is 4.74 Å². The molecule has 3 N–H and O–H groups in total. The number of benzene rings is 1. The van der Waals surface area contributed by atoms with Crippen molar-refractivity contribution in [3.8, 4) is 0 Å². The van der Waals surface area contributed by atoms with E-state index < -0.39 is 0 Å². The molecule has 0 saturated heterocycles. The molecule has 0 fully saturated rings. The van der Waals surface area contributed by atoms with Crippen LogP contribution in [-0.4, -0.2) is 18.6 Å². The first-order chi connectivity index (χ1) is 10.1. The van der Waals surface area contributed by atoms with E-state index in [-0.39, 0.29) is 12.1 Å². The van der Waals surface area contributed by atoms with Crippen LogP contribution in [0.15, 0.2) is 35.5 Å². The molecule has 0 bridgehead atoms. The summed E-state index contributed by atoms with van der Waals surface area (Å²) in [7, 11) is 0. The highest BCUT2D eigenvalue weighted by Gasteiger charge is 2.12. The summed E-state index contributed by atoms with van der Waals surface area (Å²) in [5, 5.41) is 4.34. The van der Waals surface area contributed by atoms with Gasteiger partial charge in [-0.25, -0.2) is 4.99 Å². The van der Waals surface area contributed by atoms with E-state index in [1.165, 1.54) is 0 Å². The van der Waals surface area contributed by atoms with E-state index in [0.29, 0.717) is 22.5 Å². The number of aliphatic imine (C=N–C) groups is 1. The van der Waals surface area contributed by atoms with Crippen molar-refractivity contribution >= 4 is 29.2 Å². The molecule has 1 aliphatic heterocycles. The molecule has 6 heteroatoms. The fraction of sp³-hybridized carbons (Fsp3) is 0.400. The Labute approximate surface area is 135 Å². The lowest BCUT2D eigenvalue weighted by atomic mass is 10.1. The zero-order valence-electron chi connectivity index (χ0n) is 11.9. The second kappa shape index (κ2) is 7.57. The number of guanidine groups is 1. The Hall–Kier alpha value is -1.39. The van der Waals surface area contributed by atoms with Gasteiger partial charge in [-0.2, -0.15) is 0 Å². The quantitative estimate of drug-likeness (QED) is 0.655. The highest BCUT2D eigenvalue weighted by molar-refractivity contribution is 6.35. The SMILES string of the molecule is CC(NC(N)=NCC1CCC=CO1)c1ccc(Cl)cc1Cl. The molecule has 1 aliphatic rings. The van der Waals surface area contributed by atoms with E-state index in [0.717, 1.165) is 18.4 Å². The number of ether oxygens (including phenoxy) is 1. The molecule has 2 unspecified atom stereocenters. The van der Waals surface area contributed by atoms with Gasteiger partial charge in [0.05, 0.1) is 18.8 Å². The monoisotopic (exact) mass is 327 g/mol. The fourth-order valence-electron chi connectivity index (χ4n) is 2.12. The predicted molar refractivity (Wildman–Crippen MR) is 87.7 cm³/mol. The summed E-state index contributed by atoms with van der Waals surface area (Å²) in [5.74, 6) is 0.381. The van der Waals surface area contributed by atoms with Gasteiger partial charge in [0.15, 0.2) is 5.96 Å². The second-order valence-electron chi connectivity index (χ2n) is 4.97. The Balaban J connectivity index is 1.91. The van der Waals surface area contributed by atoms with Gasteiger partial charge in [0.25, 0.3) is 0 Å². The van der Waals surface area contributed by atoms with Crippen molar-refractivity contribution < 1.29 is 4.74 Å². The lowest BCUT2D eigenvalue weighted by Gasteiger charge is -2.19. The lowest BCUT2D eigenvalue weighted by Crippen LogP contribution is -2.35. The summed E-state index contributed by atoms with van der Waals surface area (Å²) >= 11 is 12.1. The normalized spacial score (nSPS) is 20.0. The summed E-state index contributed by atoms with van der Waals surface area (Å²) in [5.41, 5.74) is 6.83. The van der Waals surface area contributed by atoms with Crippen molar-refractivity contribution in [3.05, 3.63) is 46.1 Å². The van der Waals surface area contributed by atoms with Gasteiger partial charge in [0.2, 0.25) is 0 Å². The van der Waals surface area contributed by atoms with Crippen LogP contribution in [0.1, 0.15) is 31.4 Å². The number of hydrogen-bond donors (Lipinski definition) is 2. The summed E-state index contributed by atoms with van der Waals surface area (Å²) in [6.07, 6.45) is 5.82. The van der Waals surface area contributed by atoms with Gasteiger partial charge in [0.1, 0.15) is 6.10 Å². The molecular weight excluding hydrogens is 309 g/mol. The Bertz CT molecular complexity index is 546. The predicted octanol–water partition coefficient (Wildman–Crippen LogP) is 3.65. The van der Waals surface area contributed by atoms with Crippen LogP contribution in [0.2, 0.25) is 10.0 Å². The molecule has 1 aromatic rings. The third-order valence-corrected chi connectivity index (χ3v) is 3.84. The Morgan fingerprint density at radius 3 is 3.00 bits per heavy atom. The van der Waals surface area contributed by atoms with E-state index in [1.54, 1.807) is 18.4 Å². The zero-order valence-corrected chi connectivity index (χ0v) is 13.4. The average molecular weight is 328 g/mol. The number of halogens is 2. The molecular formula is C15H19Cl2N3O. The maximum atomic E-state index is 6.17. The molecule has 2 atom stereocenters. The van der Waals surface area contributed by atoms with Crippen LogP contribution in [0.3, 0.4) is 0 Å². The van der Waals surface area contributed by atoms with Crippen LogP contribution in [0.5, 0.6) is 0 Å². The first-order valence-electron chi connectivity index (χ1n) is 6.88. The molecule has 0 radical (unpaired) electrons. The zero-order chi connectivity index (χ0) is 15.2. The van der Waals surface area contributed by atoms with Crippen LogP contribution in [0, 0.1) is 0 Å². The highest BCUT2D eigenvalue weighted by atomic mass is 35.5. The largest absolute Gasteiger partial charge is 0.496 e. The van der Waals surface area contributed by atoms with Gasteiger partial charge >= 0.3 is 0 Å². The van der Waals surface area contributed by atoms with E-state index in [9.17, 15) is 0 Å². The first-order valence-corrected chi connectivity index (χ1v) is 7.63. The molecule has 1 heterocycles. The van der Waals surface area contributed by atoms with E-state index in [2.05, 4.69) is 10.3 Å². The molecule has 2 rings (SSSR count). The number of rotatable bonds is 4. The Morgan fingerprint density at radius 2 is 2.33 bits per heavy atom. The lowest BCUT2D eigenvalue weighted by molar-refractivity contribution is 0.131. The van der Waals surface area contributed by atoms with E-state index in [1.807, 2.05) is 19.1 Å². The van der Waals surface area contributed by atoms with E-state index in [4.69, 9.17) is 33.7 Å². The van der Waals surface area contributed by atoms with Crippen molar-refractivity contribution in [2.45, 2.75) is 31.9 Å². The average Bonchev–Trinajstić information content (AvgIpc) is 2.46. The number of nitrogens with zero attached hydrogens (tertiary/aromatic N) is 1. The molecule has 21 heavy (non-hydrogen) atoms. The third-order valence-electron chi connectivity index (χ3n) is 3.28. The number of allylic oxidation sites excluding steroid dienone is 1. The maximum absolute atomic E-state index is 6.17. The third kappa shape index (κ3) is 4.83. The Kier molecular flexibility index (Phi) is 5.76. The van der Waals surface area contributed by atoms with Crippen molar-refractivity contribution in [2.24, 2.45) is 10.7 Å². The number of nitrogens with one attached hydrogen (secondary N) is 1. The molecule has 0 spiro atoms. The molecule has 0 amide bonds. The number of hydrogen-bond acceptors (Lipinski definition) is 2. The summed E-state index contributed by atoms with van der Waals surface area (Å²) in [4.78, 5) is 4.32. The topological polar surface area (TPSA) is 59.6 Å². The first kappa shape index (κ1) is 16.0. The molecule has 114 valence electrons. The number of nitrogens with two attached hydrogens (primary N) is 1. The summed E-state index contributed by atoms with van der Waals surface area (Å²) in [6, 6.07) is 5.35. The molecule has 0 aromatic heterocycles. The van der Waals surface area contributed by atoms with Crippen molar-refractivity contribution in [1.82, 2.24) is 5.32 Å². The minimum absolute atomic E-state index is 0.0503. The summed E-state index contributed by atoms with van der Waals surface area (Å²) < 4.78 is 5.44. The molecule has 0 aliphatic carbocycles.